The molecule has 2 aliphatic heterocycles. The molecule has 0 aliphatic carbocycles. The van der Waals surface area contributed by atoms with E-state index in [1.807, 2.05) is 24.3 Å². The van der Waals surface area contributed by atoms with Gasteiger partial charge in [0.2, 0.25) is 0 Å². The highest BCUT2D eigenvalue weighted by atomic mass is 35.5. The number of nitrogens with zero attached hydrogens (tertiary/aromatic N) is 5. The number of halogens is 1. The van der Waals surface area contributed by atoms with Crippen molar-refractivity contribution >= 4 is 68.0 Å². The number of hydrogen-bond donors (Lipinski definition) is 2. The Hall–Kier alpha value is -3.57. The maximum atomic E-state index is 13.3. The maximum absolute atomic E-state index is 13.3. The fourth-order valence-electron chi connectivity index (χ4n) is 4.63. The first-order chi connectivity index (χ1) is 18.0. The molecule has 188 valence electrons. The molecule has 1 fully saturated rings. The number of piperazine rings is 1. The van der Waals surface area contributed by atoms with Crippen LogP contribution in [0.15, 0.2) is 54.9 Å². The minimum absolute atomic E-state index is 0.317. The van der Waals surface area contributed by atoms with E-state index in [1.165, 1.54) is 28.1 Å². The molecule has 0 atom stereocenters. The average molecular weight is 534 g/mol. The molecule has 0 spiro atoms. The minimum Gasteiger partial charge on any atom is -0.321 e. The molecule has 1 saturated heterocycles. The Morgan fingerprint density at radius 2 is 1.84 bits per heavy atom. The van der Waals surface area contributed by atoms with Gasteiger partial charge in [-0.25, -0.2) is 19.7 Å². The summed E-state index contributed by atoms with van der Waals surface area (Å²) in [6.45, 7) is 5.13. The SMILES string of the molecule is CN1CCN(Cc2ccc(NC(=O)c3sc4ncnc5c4c3NC(=O)N5c3ccccc3Cl)cc2)CC1. The molecule has 2 aromatic heterocycles. The topological polar surface area (TPSA) is 93.7 Å². The number of anilines is 4. The molecule has 0 unspecified atom stereocenters. The summed E-state index contributed by atoms with van der Waals surface area (Å²) >= 11 is 7.58. The second kappa shape index (κ2) is 9.71. The summed E-state index contributed by atoms with van der Waals surface area (Å²) in [7, 11) is 2.15. The number of carbonyl (C=O) groups is 2. The molecule has 2 aliphatic rings. The van der Waals surface area contributed by atoms with Crippen LogP contribution in [0.3, 0.4) is 0 Å². The molecule has 9 nitrogen and oxygen atoms in total. The van der Waals surface area contributed by atoms with Crippen molar-refractivity contribution in [3.8, 4) is 0 Å². The minimum atomic E-state index is -0.443. The van der Waals surface area contributed by atoms with E-state index in [-0.39, 0.29) is 5.91 Å². The number of benzene rings is 2. The summed E-state index contributed by atoms with van der Waals surface area (Å²) in [4.78, 5) is 42.3. The largest absolute Gasteiger partial charge is 0.332 e. The highest BCUT2D eigenvalue weighted by Crippen LogP contribution is 2.45. The molecule has 0 radical (unpaired) electrons. The quantitative estimate of drug-likeness (QED) is 0.374. The number of nitrogens with one attached hydrogen (secondary N) is 2. The number of aromatic nitrogens is 2. The van der Waals surface area contributed by atoms with Crippen molar-refractivity contribution in [1.82, 2.24) is 19.8 Å². The van der Waals surface area contributed by atoms with Gasteiger partial charge in [-0.2, -0.15) is 0 Å². The van der Waals surface area contributed by atoms with Gasteiger partial charge in [-0.3, -0.25) is 9.69 Å². The van der Waals surface area contributed by atoms with Crippen LogP contribution in [0.5, 0.6) is 0 Å². The third-order valence-corrected chi connectivity index (χ3v) is 8.04. The van der Waals surface area contributed by atoms with E-state index in [1.54, 1.807) is 24.3 Å². The number of para-hydroxylation sites is 1. The van der Waals surface area contributed by atoms with Crippen molar-refractivity contribution < 1.29 is 9.59 Å². The van der Waals surface area contributed by atoms with Crippen LogP contribution in [-0.4, -0.2) is 64.9 Å². The molecule has 6 rings (SSSR count). The molecule has 3 amide bonds. The van der Waals surface area contributed by atoms with Crippen molar-refractivity contribution in [3.63, 3.8) is 0 Å². The van der Waals surface area contributed by atoms with Crippen molar-refractivity contribution in [3.05, 3.63) is 70.3 Å². The lowest BCUT2D eigenvalue weighted by atomic mass is 10.1. The fourth-order valence-corrected chi connectivity index (χ4v) is 5.84. The number of thiophene rings is 1. The first kappa shape index (κ1) is 23.8. The van der Waals surface area contributed by atoms with Crippen molar-refractivity contribution in [2.24, 2.45) is 0 Å². The smallest absolute Gasteiger partial charge is 0.321 e. The molecule has 0 bridgehead atoms. The third kappa shape index (κ3) is 4.53. The van der Waals surface area contributed by atoms with Gasteiger partial charge in [-0.05, 0) is 36.9 Å². The predicted octanol–water partition coefficient (Wildman–Crippen LogP) is 5.03. The van der Waals surface area contributed by atoms with Gasteiger partial charge in [0.15, 0.2) is 5.82 Å². The van der Waals surface area contributed by atoms with Crippen LogP contribution in [0.2, 0.25) is 5.02 Å². The molecule has 37 heavy (non-hydrogen) atoms. The second-order valence-corrected chi connectivity index (χ2v) is 10.5. The molecule has 4 heterocycles. The lowest BCUT2D eigenvalue weighted by molar-refractivity contribution is 0.103. The van der Waals surface area contributed by atoms with Crippen LogP contribution < -0.4 is 15.5 Å². The Bertz CT molecular complexity index is 1500. The lowest BCUT2D eigenvalue weighted by Gasteiger charge is -2.32. The van der Waals surface area contributed by atoms with Crippen LogP contribution >= 0.6 is 22.9 Å². The number of rotatable bonds is 5. The van der Waals surface area contributed by atoms with Crippen LogP contribution in [-0.2, 0) is 6.54 Å². The van der Waals surface area contributed by atoms with Gasteiger partial charge in [-0.15, -0.1) is 11.3 Å². The first-order valence-corrected chi connectivity index (χ1v) is 13.1. The van der Waals surface area contributed by atoms with Gasteiger partial charge in [0.25, 0.3) is 5.91 Å². The Morgan fingerprint density at radius 1 is 1.08 bits per heavy atom. The summed E-state index contributed by atoms with van der Waals surface area (Å²) in [5, 5.41) is 6.84. The number of carbonyl (C=O) groups excluding carboxylic acids is 2. The first-order valence-electron chi connectivity index (χ1n) is 11.9. The number of likely N-dealkylation sites (N-methyl/N-ethyl adjacent to an activating group) is 1. The normalized spacial score (nSPS) is 16.2. The molecule has 11 heteroatoms. The van der Waals surface area contributed by atoms with Crippen LogP contribution in [0, 0.1) is 0 Å². The van der Waals surface area contributed by atoms with Crippen LogP contribution in [0.1, 0.15) is 15.2 Å². The molecule has 4 aromatic rings. The predicted molar refractivity (Wildman–Crippen MR) is 147 cm³/mol. The van der Waals surface area contributed by atoms with E-state index < -0.39 is 6.03 Å². The van der Waals surface area contributed by atoms with Gasteiger partial charge in [0.1, 0.15) is 16.0 Å². The van der Waals surface area contributed by atoms with Crippen molar-refractivity contribution in [1.29, 1.82) is 0 Å². The number of hydrogen-bond acceptors (Lipinski definition) is 7. The van der Waals surface area contributed by atoms with E-state index >= 15 is 0 Å². The van der Waals surface area contributed by atoms with Gasteiger partial charge in [0, 0.05) is 38.4 Å². The van der Waals surface area contributed by atoms with E-state index in [9.17, 15) is 9.59 Å². The summed E-state index contributed by atoms with van der Waals surface area (Å²) in [5.41, 5.74) is 2.79. The lowest BCUT2D eigenvalue weighted by Crippen LogP contribution is -2.43. The second-order valence-electron chi connectivity index (χ2n) is 9.13. The number of amides is 3. The van der Waals surface area contributed by atoms with Gasteiger partial charge < -0.3 is 15.5 Å². The molecular weight excluding hydrogens is 510 g/mol. The van der Waals surface area contributed by atoms with Gasteiger partial charge in [-0.1, -0.05) is 35.9 Å². The number of urea groups is 1. The average Bonchev–Trinajstić information content (AvgIpc) is 3.27. The Labute approximate surface area is 222 Å². The van der Waals surface area contributed by atoms with E-state index in [0.717, 1.165) is 32.7 Å². The molecule has 0 saturated carbocycles. The summed E-state index contributed by atoms with van der Waals surface area (Å²) in [5.74, 6) is 0.0719. The zero-order valence-electron chi connectivity index (χ0n) is 20.1. The van der Waals surface area contributed by atoms with Crippen LogP contribution in [0.25, 0.3) is 10.2 Å². The Morgan fingerprint density at radius 3 is 2.59 bits per heavy atom. The monoisotopic (exact) mass is 533 g/mol. The highest BCUT2D eigenvalue weighted by Gasteiger charge is 2.34. The Balaban J connectivity index is 1.25. The highest BCUT2D eigenvalue weighted by molar-refractivity contribution is 7.21. The fraction of sp³-hybridized carbons (Fsp3) is 0.231. The summed E-state index contributed by atoms with van der Waals surface area (Å²) < 4.78 is 0. The Kier molecular flexibility index (Phi) is 6.25. The van der Waals surface area contributed by atoms with E-state index in [4.69, 9.17) is 11.6 Å². The van der Waals surface area contributed by atoms with Crippen LogP contribution in [0.4, 0.5) is 27.7 Å². The molecule has 2 aromatic carbocycles. The molecular formula is C26H24ClN7O2S. The summed E-state index contributed by atoms with van der Waals surface area (Å²) in [6, 6.07) is 14.5. The zero-order chi connectivity index (χ0) is 25.5. The maximum Gasteiger partial charge on any atom is 0.332 e. The third-order valence-electron chi connectivity index (χ3n) is 6.63. The standard InChI is InChI=1S/C26H24ClN7O2S/c1-32-10-12-33(13-11-32)14-16-6-8-17(9-7-16)30-24(35)22-21-20-23(28-15-29-25(20)37-22)34(26(36)31-21)19-5-3-2-4-18(19)27/h2-9,15H,10-14H2,1H3,(H,30,35)(H,31,36). The van der Waals surface area contributed by atoms with Crippen molar-refractivity contribution in [2.75, 3.05) is 48.8 Å². The van der Waals surface area contributed by atoms with E-state index in [0.29, 0.717) is 43.0 Å². The van der Waals surface area contributed by atoms with Crippen molar-refractivity contribution in [2.45, 2.75) is 6.54 Å². The van der Waals surface area contributed by atoms with Gasteiger partial charge in [0.05, 0.1) is 21.8 Å². The van der Waals surface area contributed by atoms with E-state index in [2.05, 4.69) is 37.4 Å². The van der Waals surface area contributed by atoms with Gasteiger partial charge >= 0.3 is 6.03 Å². The summed E-state index contributed by atoms with van der Waals surface area (Å²) in [6.07, 6.45) is 1.39. The molecule has 2 N–H and O–H groups in total. The zero-order valence-corrected chi connectivity index (χ0v) is 21.6.